The lowest BCUT2D eigenvalue weighted by Gasteiger charge is -2.12. The number of hydrogen-bond acceptors (Lipinski definition) is 4. The van der Waals surface area contributed by atoms with Crippen LogP contribution in [0.25, 0.3) is 0 Å². The van der Waals surface area contributed by atoms with E-state index in [1.165, 1.54) is 19.1 Å². The Balaban J connectivity index is 1.92. The van der Waals surface area contributed by atoms with Gasteiger partial charge in [-0.2, -0.15) is 0 Å². The molecule has 0 saturated heterocycles. The van der Waals surface area contributed by atoms with E-state index in [4.69, 9.17) is 0 Å². The minimum absolute atomic E-state index is 0.0430. The SMILES string of the molecule is CCS(=O)(=O)Nc1ccc(NC(=O)CNC(=O)c2ccc(F)cc2)cc1C. The van der Waals surface area contributed by atoms with Gasteiger partial charge >= 0.3 is 0 Å². The predicted octanol–water partition coefficient (Wildman–Crippen LogP) is 2.26. The van der Waals surface area contributed by atoms with Crippen LogP contribution in [-0.2, 0) is 14.8 Å². The first kappa shape index (κ1) is 20.4. The van der Waals surface area contributed by atoms with Crippen LogP contribution in [0.4, 0.5) is 15.8 Å². The number of anilines is 2. The molecule has 0 unspecified atom stereocenters. The van der Waals surface area contributed by atoms with Gasteiger partial charge in [0.05, 0.1) is 18.0 Å². The van der Waals surface area contributed by atoms with Gasteiger partial charge in [-0.25, -0.2) is 12.8 Å². The minimum Gasteiger partial charge on any atom is -0.343 e. The second-order valence-corrected chi connectivity index (χ2v) is 7.78. The average molecular weight is 393 g/mol. The Morgan fingerprint density at radius 3 is 2.33 bits per heavy atom. The van der Waals surface area contributed by atoms with Gasteiger partial charge in [0, 0.05) is 11.3 Å². The Bertz CT molecular complexity index is 944. The van der Waals surface area contributed by atoms with E-state index in [0.717, 1.165) is 12.1 Å². The van der Waals surface area contributed by atoms with E-state index in [9.17, 15) is 22.4 Å². The van der Waals surface area contributed by atoms with Crippen molar-refractivity contribution in [1.29, 1.82) is 0 Å². The molecule has 0 aromatic heterocycles. The summed E-state index contributed by atoms with van der Waals surface area (Å²) in [6, 6.07) is 9.69. The molecular weight excluding hydrogens is 373 g/mol. The molecule has 0 aliphatic heterocycles. The van der Waals surface area contributed by atoms with Crippen molar-refractivity contribution in [3.05, 3.63) is 59.4 Å². The van der Waals surface area contributed by atoms with Crippen molar-refractivity contribution in [2.75, 3.05) is 22.3 Å². The van der Waals surface area contributed by atoms with Gasteiger partial charge in [-0.3, -0.25) is 14.3 Å². The van der Waals surface area contributed by atoms with Crippen LogP contribution < -0.4 is 15.4 Å². The lowest BCUT2D eigenvalue weighted by atomic mass is 10.2. The molecule has 2 aromatic rings. The van der Waals surface area contributed by atoms with E-state index in [-0.39, 0.29) is 17.9 Å². The highest BCUT2D eigenvalue weighted by atomic mass is 32.2. The molecule has 27 heavy (non-hydrogen) atoms. The monoisotopic (exact) mass is 393 g/mol. The third-order valence-electron chi connectivity index (χ3n) is 3.67. The topological polar surface area (TPSA) is 104 Å². The molecule has 0 heterocycles. The minimum atomic E-state index is -3.39. The Morgan fingerprint density at radius 2 is 1.74 bits per heavy atom. The van der Waals surface area contributed by atoms with Crippen LogP contribution >= 0.6 is 0 Å². The molecule has 0 radical (unpaired) electrons. The highest BCUT2D eigenvalue weighted by Gasteiger charge is 2.11. The van der Waals surface area contributed by atoms with Gasteiger partial charge in [0.1, 0.15) is 5.82 Å². The third-order valence-corrected chi connectivity index (χ3v) is 4.96. The first-order valence-electron chi connectivity index (χ1n) is 8.15. The van der Waals surface area contributed by atoms with Crippen molar-refractivity contribution in [2.45, 2.75) is 13.8 Å². The zero-order chi connectivity index (χ0) is 20.0. The van der Waals surface area contributed by atoms with Crippen LogP contribution in [-0.4, -0.2) is 32.5 Å². The second kappa shape index (κ2) is 8.63. The number of halogens is 1. The first-order chi connectivity index (χ1) is 12.7. The molecule has 0 fully saturated rings. The molecule has 0 atom stereocenters. The normalized spacial score (nSPS) is 10.9. The zero-order valence-corrected chi connectivity index (χ0v) is 15.7. The zero-order valence-electron chi connectivity index (χ0n) is 14.9. The quantitative estimate of drug-likeness (QED) is 0.671. The van der Waals surface area contributed by atoms with Gasteiger partial charge < -0.3 is 10.6 Å². The summed E-state index contributed by atoms with van der Waals surface area (Å²) in [5.74, 6) is -1.44. The summed E-state index contributed by atoms with van der Waals surface area (Å²) < 4.78 is 38.6. The molecule has 2 amide bonds. The number of rotatable bonds is 7. The number of benzene rings is 2. The predicted molar refractivity (Wildman–Crippen MR) is 102 cm³/mol. The number of amides is 2. The van der Waals surface area contributed by atoms with Gasteiger partial charge in [0.15, 0.2) is 0 Å². The average Bonchev–Trinajstić information content (AvgIpc) is 2.62. The second-order valence-electron chi connectivity index (χ2n) is 5.77. The summed E-state index contributed by atoms with van der Waals surface area (Å²) in [5.41, 5.74) is 1.78. The molecular formula is C18H20FN3O4S. The Morgan fingerprint density at radius 1 is 1.07 bits per heavy atom. The van der Waals surface area contributed by atoms with Crippen molar-refractivity contribution in [1.82, 2.24) is 5.32 Å². The molecule has 2 aromatic carbocycles. The van der Waals surface area contributed by atoms with Gasteiger partial charge in [0.25, 0.3) is 5.91 Å². The third kappa shape index (κ3) is 6.07. The van der Waals surface area contributed by atoms with Crippen LogP contribution in [0.3, 0.4) is 0 Å². The van der Waals surface area contributed by atoms with Crippen LogP contribution in [0.1, 0.15) is 22.8 Å². The summed E-state index contributed by atoms with van der Waals surface area (Å²) in [7, 11) is -3.39. The van der Waals surface area contributed by atoms with Crippen molar-refractivity contribution >= 4 is 33.2 Å². The van der Waals surface area contributed by atoms with Crippen molar-refractivity contribution < 1.29 is 22.4 Å². The summed E-state index contributed by atoms with van der Waals surface area (Å²) in [6.07, 6.45) is 0. The van der Waals surface area contributed by atoms with E-state index in [0.29, 0.717) is 16.9 Å². The van der Waals surface area contributed by atoms with E-state index < -0.39 is 27.7 Å². The number of hydrogen-bond donors (Lipinski definition) is 3. The summed E-state index contributed by atoms with van der Waals surface area (Å²) in [5, 5.41) is 5.05. The molecule has 0 aliphatic rings. The van der Waals surface area contributed by atoms with E-state index in [1.54, 1.807) is 25.1 Å². The molecule has 0 spiro atoms. The van der Waals surface area contributed by atoms with E-state index in [2.05, 4.69) is 15.4 Å². The molecule has 9 heteroatoms. The summed E-state index contributed by atoms with van der Waals surface area (Å²) in [6.45, 7) is 2.98. The highest BCUT2D eigenvalue weighted by Crippen LogP contribution is 2.20. The standard InChI is InChI=1S/C18H20FN3O4S/c1-3-27(25,26)22-16-9-8-15(10-12(16)2)21-17(23)11-20-18(24)13-4-6-14(19)7-5-13/h4-10,22H,3,11H2,1-2H3,(H,20,24)(H,21,23). The van der Waals surface area contributed by atoms with Gasteiger partial charge in [-0.15, -0.1) is 0 Å². The molecule has 2 rings (SSSR count). The fourth-order valence-electron chi connectivity index (χ4n) is 2.16. The molecule has 144 valence electrons. The number of sulfonamides is 1. The largest absolute Gasteiger partial charge is 0.343 e. The smallest absolute Gasteiger partial charge is 0.251 e. The highest BCUT2D eigenvalue weighted by molar-refractivity contribution is 7.92. The van der Waals surface area contributed by atoms with Gasteiger partial charge in [-0.1, -0.05) is 0 Å². The molecule has 0 saturated carbocycles. The number of nitrogens with one attached hydrogen (secondary N) is 3. The molecule has 0 bridgehead atoms. The summed E-state index contributed by atoms with van der Waals surface area (Å²) in [4.78, 5) is 23.9. The van der Waals surface area contributed by atoms with E-state index >= 15 is 0 Å². The fraction of sp³-hybridized carbons (Fsp3) is 0.222. The van der Waals surface area contributed by atoms with Crippen LogP contribution in [0.15, 0.2) is 42.5 Å². The van der Waals surface area contributed by atoms with Gasteiger partial charge in [-0.05, 0) is 61.9 Å². The van der Waals surface area contributed by atoms with Crippen LogP contribution in [0.2, 0.25) is 0 Å². The Labute approximate surface area is 157 Å². The van der Waals surface area contributed by atoms with Gasteiger partial charge in [0.2, 0.25) is 15.9 Å². The van der Waals surface area contributed by atoms with Crippen molar-refractivity contribution in [3.8, 4) is 0 Å². The molecule has 3 N–H and O–H groups in total. The number of aryl methyl sites for hydroxylation is 1. The number of carbonyl (C=O) groups excluding carboxylic acids is 2. The maximum absolute atomic E-state index is 12.8. The van der Waals surface area contributed by atoms with Crippen molar-refractivity contribution in [2.24, 2.45) is 0 Å². The summed E-state index contributed by atoms with van der Waals surface area (Å²) >= 11 is 0. The Kier molecular flexibility index (Phi) is 6.51. The lowest BCUT2D eigenvalue weighted by Crippen LogP contribution is -2.32. The maximum Gasteiger partial charge on any atom is 0.251 e. The number of carbonyl (C=O) groups is 2. The Hall–Kier alpha value is -2.94. The molecule has 0 aliphatic carbocycles. The van der Waals surface area contributed by atoms with Crippen LogP contribution in [0, 0.1) is 12.7 Å². The first-order valence-corrected chi connectivity index (χ1v) is 9.80. The fourth-order valence-corrected chi connectivity index (χ4v) is 2.87. The van der Waals surface area contributed by atoms with Crippen LogP contribution in [0.5, 0.6) is 0 Å². The molecule has 7 nitrogen and oxygen atoms in total. The van der Waals surface area contributed by atoms with E-state index in [1.807, 2.05) is 0 Å². The lowest BCUT2D eigenvalue weighted by molar-refractivity contribution is -0.115. The maximum atomic E-state index is 12.8. The van der Waals surface area contributed by atoms with Crippen molar-refractivity contribution in [3.63, 3.8) is 0 Å².